The zero-order valence-electron chi connectivity index (χ0n) is 12.5. The van der Waals surface area contributed by atoms with E-state index in [1.807, 2.05) is 42.5 Å². The van der Waals surface area contributed by atoms with E-state index in [4.69, 9.17) is 5.11 Å². The minimum Gasteiger partial charge on any atom is -0.389 e. The highest BCUT2D eigenvalue weighted by Gasteiger charge is 2.08. The van der Waals surface area contributed by atoms with Crippen molar-refractivity contribution in [3.05, 3.63) is 48.0 Å². The number of carbonyl (C=O) groups is 2. The average Bonchev–Trinajstić information content (AvgIpc) is 2.56. The second-order valence-corrected chi connectivity index (χ2v) is 5.29. The summed E-state index contributed by atoms with van der Waals surface area (Å²) in [7, 11) is 0. The smallest absolute Gasteiger partial charge is 0.251 e. The van der Waals surface area contributed by atoms with Crippen molar-refractivity contribution in [2.75, 3.05) is 13.2 Å². The van der Waals surface area contributed by atoms with Crippen LogP contribution in [0.25, 0.3) is 10.8 Å². The predicted molar refractivity (Wildman–Crippen MR) is 86.8 cm³/mol. The van der Waals surface area contributed by atoms with Gasteiger partial charge in [-0.05, 0) is 29.7 Å². The number of fused-ring (bicyclic) bond motifs is 1. The zero-order valence-corrected chi connectivity index (χ0v) is 12.5. The summed E-state index contributed by atoms with van der Waals surface area (Å²) < 4.78 is 0. The monoisotopic (exact) mass is 299 g/mol. The minimum atomic E-state index is -0.377. The molecule has 2 aromatic carbocycles. The molecular weight excluding hydrogens is 278 g/mol. The molecule has 0 aliphatic carbocycles. The number of rotatable bonds is 8. The standard InChI is InChI=1S/C18H21NO3/c20-13-15(21)9-2-1-5-12-19-18(22)17-11-6-8-14-7-3-4-10-16(14)17/h3-4,6-8,10-11,20H,1-2,5,9,12-13H2,(H,19,22). The molecule has 4 heteroatoms. The summed E-state index contributed by atoms with van der Waals surface area (Å²) in [5.74, 6) is -0.192. The molecule has 0 aliphatic rings. The molecule has 2 aromatic rings. The van der Waals surface area contributed by atoms with Gasteiger partial charge < -0.3 is 10.4 Å². The van der Waals surface area contributed by atoms with E-state index < -0.39 is 0 Å². The number of benzene rings is 2. The molecule has 4 nitrogen and oxygen atoms in total. The number of nitrogens with one attached hydrogen (secondary N) is 1. The molecular formula is C18H21NO3. The Morgan fingerprint density at radius 2 is 1.73 bits per heavy atom. The van der Waals surface area contributed by atoms with Gasteiger partial charge in [0.25, 0.3) is 5.91 Å². The Bertz CT molecular complexity index is 646. The van der Waals surface area contributed by atoms with Crippen LogP contribution in [0.1, 0.15) is 36.0 Å². The highest BCUT2D eigenvalue weighted by atomic mass is 16.3. The molecule has 2 rings (SSSR count). The summed E-state index contributed by atoms with van der Waals surface area (Å²) >= 11 is 0. The summed E-state index contributed by atoms with van der Waals surface area (Å²) in [6.45, 7) is 0.215. The Kier molecular flexibility index (Phi) is 6.10. The molecule has 0 aromatic heterocycles. The van der Waals surface area contributed by atoms with E-state index in [0.29, 0.717) is 18.5 Å². The second-order valence-electron chi connectivity index (χ2n) is 5.29. The molecule has 0 unspecified atom stereocenters. The van der Waals surface area contributed by atoms with Gasteiger partial charge in [-0.15, -0.1) is 0 Å². The summed E-state index contributed by atoms with van der Waals surface area (Å²) in [5, 5.41) is 13.5. The second kappa shape index (κ2) is 8.29. The van der Waals surface area contributed by atoms with Crippen molar-refractivity contribution in [1.29, 1.82) is 0 Å². The fourth-order valence-corrected chi connectivity index (χ4v) is 2.42. The van der Waals surface area contributed by atoms with Crippen LogP contribution in [0.5, 0.6) is 0 Å². The summed E-state index contributed by atoms with van der Waals surface area (Å²) in [6.07, 6.45) is 2.86. The van der Waals surface area contributed by atoms with E-state index in [1.165, 1.54) is 0 Å². The quantitative estimate of drug-likeness (QED) is 0.737. The molecule has 0 saturated carbocycles. The number of carbonyl (C=O) groups excluding carboxylic acids is 2. The van der Waals surface area contributed by atoms with Crippen LogP contribution in [0, 0.1) is 0 Å². The first kappa shape index (κ1) is 16.2. The van der Waals surface area contributed by atoms with Gasteiger partial charge >= 0.3 is 0 Å². The van der Waals surface area contributed by atoms with Crippen molar-refractivity contribution in [1.82, 2.24) is 5.32 Å². The number of hydrogen-bond acceptors (Lipinski definition) is 3. The van der Waals surface area contributed by atoms with Gasteiger partial charge in [0.2, 0.25) is 0 Å². The molecule has 116 valence electrons. The van der Waals surface area contributed by atoms with Gasteiger partial charge in [0.05, 0.1) is 0 Å². The maximum Gasteiger partial charge on any atom is 0.251 e. The lowest BCUT2D eigenvalue weighted by Crippen LogP contribution is -2.24. The van der Waals surface area contributed by atoms with Crippen LogP contribution in [-0.2, 0) is 4.79 Å². The topological polar surface area (TPSA) is 66.4 Å². The highest BCUT2D eigenvalue weighted by Crippen LogP contribution is 2.18. The minimum absolute atomic E-state index is 0.0664. The third-order valence-corrected chi connectivity index (χ3v) is 3.63. The van der Waals surface area contributed by atoms with E-state index in [1.54, 1.807) is 0 Å². The number of ketones is 1. The van der Waals surface area contributed by atoms with Crippen LogP contribution >= 0.6 is 0 Å². The van der Waals surface area contributed by atoms with Gasteiger partial charge in [0, 0.05) is 18.5 Å². The van der Waals surface area contributed by atoms with Gasteiger partial charge in [-0.25, -0.2) is 0 Å². The number of aliphatic hydroxyl groups excluding tert-OH is 1. The van der Waals surface area contributed by atoms with Gasteiger partial charge in [-0.3, -0.25) is 9.59 Å². The van der Waals surface area contributed by atoms with Crippen LogP contribution in [-0.4, -0.2) is 29.9 Å². The average molecular weight is 299 g/mol. The molecule has 0 fully saturated rings. The first-order valence-electron chi connectivity index (χ1n) is 7.61. The molecule has 0 aliphatic heterocycles. The van der Waals surface area contributed by atoms with Crippen molar-refractivity contribution in [2.45, 2.75) is 25.7 Å². The molecule has 2 N–H and O–H groups in total. The number of unbranched alkanes of at least 4 members (excludes halogenated alkanes) is 2. The predicted octanol–water partition coefficient (Wildman–Crippen LogP) is 2.69. The SMILES string of the molecule is O=C(CO)CCCCCNC(=O)c1cccc2ccccc12. The van der Waals surface area contributed by atoms with Gasteiger partial charge in [0.1, 0.15) is 6.61 Å². The lowest BCUT2D eigenvalue weighted by Gasteiger charge is -2.08. The van der Waals surface area contributed by atoms with E-state index in [-0.39, 0.29) is 18.3 Å². The van der Waals surface area contributed by atoms with Gasteiger partial charge in [-0.1, -0.05) is 42.8 Å². The van der Waals surface area contributed by atoms with Crippen LogP contribution in [0.3, 0.4) is 0 Å². The fourth-order valence-electron chi connectivity index (χ4n) is 2.42. The van der Waals surface area contributed by atoms with Gasteiger partial charge in [0.15, 0.2) is 5.78 Å². The normalized spacial score (nSPS) is 10.6. The molecule has 0 radical (unpaired) electrons. The maximum atomic E-state index is 12.2. The Morgan fingerprint density at radius 3 is 2.55 bits per heavy atom. The lowest BCUT2D eigenvalue weighted by atomic mass is 10.0. The number of Topliss-reactive ketones (excluding diaryl/α,β-unsaturated/α-hetero) is 1. The van der Waals surface area contributed by atoms with E-state index in [0.717, 1.165) is 30.0 Å². The van der Waals surface area contributed by atoms with Crippen molar-refractivity contribution in [3.8, 4) is 0 Å². The Balaban J connectivity index is 1.81. The van der Waals surface area contributed by atoms with E-state index in [2.05, 4.69) is 5.32 Å². The Morgan fingerprint density at radius 1 is 0.955 bits per heavy atom. The summed E-state index contributed by atoms with van der Waals surface area (Å²) in [6, 6.07) is 13.5. The third-order valence-electron chi connectivity index (χ3n) is 3.63. The molecule has 0 atom stereocenters. The van der Waals surface area contributed by atoms with Gasteiger partial charge in [-0.2, -0.15) is 0 Å². The van der Waals surface area contributed by atoms with Crippen molar-refractivity contribution in [2.24, 2.45) is 0 Å². The Hall–Kier alpha value is -2.20. The van der Waals surface area contributed by atoms with Crippen molar-refractivity contribution in [3.63, 3.8) is 0 Å². The molecule has 0 spiro atoms. The highest BCUT2D eigenvalue weighted by molar-refractivity contribution is 6.06. The largest absolute Gasteiger partial charge is 0.389 e. The van der Waals surface area contributed by atoms with Crippen LogP contribution in [0.4, 0.5) is 0 Å². The van der Waals surface area contributed by atoms with E-state index in [9.17, 15) is 9.59 Å². The summed E-state index contributed by atoms with van der Waals surface area (Å²) in [4.78, 5) is 23.2. The van der Waals surface area contributed by atoms with Crippen molar-refractivity contribution < 1.29 is 14.7 Å². The van der Waals surface area contributed by atoms with Crippen LogP contribution in [0.2, 0.25) is 0 Å². The maximum absolute atomic E-state index is 12.2. The number of amides is 1. The van der Waals surface area contributed by atoms with Crippen LogP contribution < -0.4 is 5.32 Å². The first-order chi connectivity index (χ1) is 10.7. The van der Waals surface area contributed by atoms with Crippen LogP contribution in [0.15, 0.2) is 42.5 Å². The molecule has 0 heterocycles. The number of aliphatic hydroxyl groups is 1. The van der Waals surface area contributed by atoms with E-state index >= 15 is 0 Å². The summed E-state index contributed by atoms with van der Waals surface area (Å²) in [5.41, 5.74) is 0.688. The lowest BCUT2D eigenvalue weighted by molar-refractivity contribution is -0.121. The molecule has 0 saturated heterocycles. The zero-order chi connectivity index (χ0) is 15.8. The fraction of sp³-hybridized carbons (Fsp3) is 0.333. The molecule has 0 bridgehead atoms. The molecule has 22 heavy (non-hydrogen) atoms. The number of hydrogen-bond donors (Lipinski definition) is 2. The third kappa shape index (κ3) is 4.40. The molecule has 1 amide bonds. The van der Waals surface area contributed by atoms with Crippen molar-refractivity contribution >= 4 is 22.5 Å². The first-order valence-corrected chi connectivity index (χ1v) is 7.61. The Labute approximate surface area is 130 Å².